The van der Waals surface area contributed by atoms with Gasteiger partial charge in [0.25, 0.3) is 0 Å². The van der Waals surface area contributed by atoms with Gasteiger partial charge < -0.3 is 15.0 Å². The molecule has 0 aliphatic heterocycles. The molecule has 0 saturated heterocycles. The van der Waals surface area contributed by atoms with Gasteiger partial charge in [0.05, 0.1) is 6.61 Å². The number of nitrogens with one attached hydrogen (secondary N) is 1. The van der Waals surface area contributed by atoms with Crippen LogP contribution in [0.5, 0.6) is 5.75 Å². The molecule has 2 aromatic carbocycles. The van der Waals surface area contributed by atoms with Crippen LogP contribution in [-0.4, -0.2) is 35.9 Å². The van der Waals surface area contributed by atoms with Crippen LogP contribution in [0.4, 0.5) is 0 Å². The van der Waals surface area contributed by atoms with Crippen molar-refractivity contribution in [3.63, 3.8) is 0 Å². The summed E-state index contributed by atoms with van der Waals surface area (Å²) >= 11 is 18.2. The van der Waals surface area contributed by atoms with Crippen molar-refractivity contribution >= 4 is 46.6 Å². The SMILES string of the molecule is CC(C)CNC(=O)[C@H](C)N(Cc1ccc(Cl)cc1Cl)C(=O)CCCOc1ccc(Cl)cc1. The molecule has 0 saturated carbocycles. The first-order chi connectivity index (χ1) is 15.2. The van der Waals surface area contributed by atoms with Gasteiger partial charge in [-0.15, -0.1) is 0 Å². The lowest BCUT2D eigenvalue weighted by Gasteiger charge is -2.29. The van der Waals surface area contributed by atoms with E-state index in [2.05, 4.69) is 5.32 Å². The predicted molar refractivity (Wildman–Crippen MR) is 131 cm³/mol. The lowest BCUT2D eigenvalue weighted by Crippen LogP contribution is -2.48. The second-order valence-electron chi connectivity index (χ2n) is 7.98. The van der Waals surface area contributed by atoms with Gasteiger partial charge in [-0.25, -0.2) is 0 Å². The van der Waals surface area contributed by atoms with Crippen molar-refractivity contribution in [2.24, 2.45) is 5.92 Å². The monoisotopic (exact) mass is 498 g/mol. The fraction of sp³-hybridized carbons (Fsp3) is 0.417. The number of nitrogens with zero attached hydrogens (tertiary/aromatic N) is 1. The van der Waals surface area contributed by atoms with Crippen molar-refractivity contribution in [1.82, 2.24) is 10.2 Å². The Labute approximate surface area is 205 Å². The standard InChI is InChI=1S/C24H29Cl3N2O3/c1-16(2)14-28-24(31)17(3)29(15-18-6-7-20(26)13-22(18)27)23(30)5-4-12-32-21-10-8-19(25)9-11-21/h6-11,13,16-17H,4-5,12,14-15H2,1-3H3,(H,28,31)/t17-/m0/s1. The van der Waals surface area contributed by atoms with E-state index in [-0.39, 0.29) is 24.8 Å². The summed E-state index contributed by atoms with van der Waals surface area (Å²) in [4.78, 5) is 27.3. The van der Waals surface area contributed by atoms with Crippen molar-refractivity contribution < 1.29 is 14.3 Å². The first kappa shape index (κ1) is 26.3. The molecule has 174 valence electrons. The summed E-state index contributed by atoms with van der Waals surface area (Å²) in [5.74, 6) is 0.650. The Bertz CT molecular complexity index is 904. The van der Waals surface area contributed by atoms with Gasteiger partial charge in [-0.2, -0.15) is 0 Å². The normalized spacial score (nSPS) is 11.8. The highest BCUT2D eigenvalue weighted by molar-refractivity contribution is 6.35. The minimum absolute atomic E-state index is 0.150. The van der Waals surface area contributed by atoms with E-state index < -0.39 is 6.04 Å². The number of amides is 2. The van der Waals surface area contributed by atoms with E-state index in [1.54, 1.807) is 54.3 Å². The predicted octanol–water partition coefficient (Wildman–Crippen LogP) is 6.00. The first-order valence-corrected chi connectivity index (χ1v) is 11.7. The van der Waals surface area contributed by atoms with Crippen LogP contribution in [0.3, 0.4) is 0 Å². The lowest BCUT2D eigenvalue weighted by molar-refractivity contribution is -0.140. The van der Waals surface area contributed by atoms with Crippen LogP contribution < -0.4 is 10.1 Å². The van der Waals surface area contributed by atoms with Crippen LogP contribution in [0.25, 0.3) is 0 Å². The molecule has 0 fully saturated rings. The first-order valence-electron chi connectivity index (χ1n) is 10.6. The molecule has 32 heavy (non-hydrogen) atoms. The van der Waals surface area contributed by atoms with E-state index in [0.717, 1.165) is 5.56 Å². The zero-order valence-electron chi connectivity index (χ0n) is 18.5. The van der Waals surface area contributed by atoms with E-state index in [9.17, 15) is 9.59 Å². The zero-order valence-corrected chi connectivity index (χ0v) is 20.8. The fourth-order valence-corrected chi connectivity index (χ4v) is 3.55. The molecule has 2 rings (SSSR count). The molecule has 0 radical (unpaired) electrons. The summed E-state index contributed by atoms with van der Waals surface area (Å²) < 4.78 is 5.67. The van der Waals surface area contributed by atoms with Crippen molar-refractivity contribution in [1.29, 1.82) is 0 Å². The van der Waals surface area contributed by atoms with E-state index in [0.29, 0.717) is 46.3 Å². The van der Waals surface area contributed by atoms with Gasteiger partial charge in [0.1, 0.15) is 11.8 Å². The van der Waals surface area contributed by atoms with Crippen LogP contribution in [0.1, 0.15) is 39.2 Å². The van der Waals surface area contributed by atoms with E-state index in [1.165, 1.54) is 0 Å². The van der Waals surface area contributed by atoms with Gasteiger partial charge >= 0.3 is 0 Å². The average Bonchev–Trinajstić information content (AvgIpc) is 2.75. The quantitative estimate of drug-likeness (QED) is 0.386. The van der Waals surface area contributed by atoms with Crippen molar-refractivity contribution in [2.75, 3.05) is 13.2 Å². The number of rotatable bonds is 11. The summed E-state index contributed by atoms with van der Waals surface area (Å²) in [6.07, 6.45) is 0.743. The summed E-state index contributed by atoms with van der Waals surface area (Å²) in [5, 5.41) is 4.50. The summed E-state index contributed by atoms with van der Waals surface area (Å²) in [6.45, 7) is 6.88. The van der Waals surface area contributed by atoms with Gasteiger partial charge in [0, 0.05) is 34.6 Å². The Balaban J connectivity index is 2.03. The van der Waals surface area contributed by atoms with Gasteiger partial charge in [-0.1, -0.05) is 54.7 Å². The largest absolute Gasteiger partial charge is 0.494 e. The van der Waals surface area contributed by atoms with Crippen molar-refractivity contribution in [2.45, 2.75) is 46.2 Å². The molecule has 0 bridgehead atoms. The molecule has 0 aliphatic rings. The third-order valence-electron chi connectivity index (χ3n) is 4.82. The molecule has 1 atom stereocenters. The number of ether oxygens (including phenoxy) is 1. The molecule has 2 aromatic rings. The molecule has 0 heterocycles. The van der Waals surface area contributed by atoms with Crippen LogP contribution in [0, 0.1) is 5.92 Å². The Morgan fingerprint density at radius 3 is 2.28 bits per heavy atom. The third kappa shape index (κ3) is 8.53. The van der Waals surface area contributed by atoms with Gasteiger partial charge in [-0.3, -0.25) is 9.59 Å². The number of halogens is 3. The topological polar surface area (TPSA) is 58.6 Å². The Hall–Kier alpha value is -1.95. The summed E-state index contributed by atoms with van der Waals surface area (Å²) in [5.41, 5.74) is 0.727. The maximum Gasteiger partial charge on any atom is 0.242 e. The average molecular weight is 500 g/mol. The number of carbonyl (C=O) groups is 2. The zero-order chi connectivity index (χ0) is 23.7. The molecule has 0 spiro atoms. The highest BCUT2D eigenvalue weighted by atomic mass is 35.5. The highest BCUT2D eigenvalue weighted by Crippen LogP contribution is 2.24. The number of carbonyl (C=O) groups excluding carboxylic acids is 2. The van der Waals surface area contributed by atoms with Crippen molar-refractivity contribution in [3.8, 4) is 5.75 Å². The Kier molecular flexibility index (Phi) is 10.6. The van der Waals surface area contributed by atoms with Gasteiger partial charge in [0.15, 0.2) is 0 Å². The van der Waals surface area contributed by atoms with E-state index in [4.69, 9.17) is 39.5 Å². The molecular formula is C24H29Cl3N2O3. The molecule has 5 nitrogen and oxygen atoms in total. The van der Waals surface area contributed by atoms with Crippen LogP contribution >= 0.6 is 34.8 Å². The number of hydrogen-bond donors (Lipinski definition) is 1. The molecule has 0 unspecified atom stereocenters. The minimum Gasteiger partial charge on any atom is -0.494 e. The molecule has 2 amide bonds. The fourth-order valence-electron chi connectivity index (χ4n) is 2.96. The number of benzene rings is 2. The van der Waals surface area contributed by atoms with Crippen LogP contribution in [0.2, 0.25) is 15.1 Å². The highest BCUT2D eigenvalue weighted by Gasteiger charge is 2.26. The minimum atomic E-state index is -0.648. The second-order valence-corrected chi connectivity index (χ2v) is 9.26. The molecule has 8 heteroatoms. The third-order valence-corrected chi connectivity index (χ3v) is 5.66. The Morgan fingerprint density at radius 1 is 1.00 bits per heavy atom. The van der Waals surface area contributed by atoms with Gasteiger partial charge in [-0.05, 0) is 61.2 Å². The second kappa shape index (κ2) is 12.9. The van der Waals surface area contributed by atoms with Crippen LogP contribution in [0.15, 0.2) is 42.5 Å². The van der Waals surface area contributed by atoms with E-state index in [1.807, 2.05) is 13.8 Å². The maximum absolute atomic E-state index is 13.1. The molecular weight excluding hydrogens is 471 g/mol. The smallest absolute Gasteiger partial charge is 0.242 e. The number of hydrogen-bond acceptors (Lipinski definition) is 3. The molecule has 1 N–H and O–H groups in total. The molecule has 0 aromatic heterocycles. The Morgan fingerprint density at radius 2 is 1.66 bits per heavy atom. The summed E-state index contributed by atoms with van der Waals surface area (Å²) in [6, 6.07) is 11.5. The van der Waals surface area contributed by atoms with E-state index >= 15 is 0 Å². The van der Waals surface area contributed by atoms with Crippen LogP contribution in [-0.2, 0) is 16.1 Å². The van der Waals surface area contributed by atoms with Crippen molar-refractivity contribution in [3.05, 3.63) is 63.1 Å². The molecule has 0 aliphatic carbocycles. The maximum atomic E-state index is 13.1. The summed E-state index contributed by atoms with van der Waals surface area (Å²) in [7, 11) is 0. The lowest BCUT2D eigenvalue weighted by atomic mass is 10.1. The van der Waals surface area contributed by atoms with Gasteiger partial charge in [0.2, 0.25) is 11.8 Å².